The highest BCUT2D eigenvalue weighted by Crippen LogP contribution is 2.32. The summed E-state index contributed by atoms with van der Waals surface area (Å²) >= 11 is 0. The van der Waals surface area contributed by atoms with E-state index in [0.717, 1.165) is 30.6 Å². The Morgan fingerprint density at radius 2 is 2.03 bits per heavy atom. The van der Waals surface area contributed by atoms with Crippen LogP contribution < -0.4 is 20.1 Å². The van der Waals surface area contributed by atoms with Gasteiger partial charge in [-0.1, -0.05) is 19.1 Å². The Morgan fingerprint density at radius 3 is 2.73 bits per heavy atom. The fraction of sp³-hybridized carbons (Fsp3) is 0.500. The molecule has 0 unspecified atom stereocenters. The molecule has 0 bridgehead atoms. The van der Waals surface area contributed by atoms with Crippen LogP contribution in [0, 0.1) is 11.7 Å². The number of primary amides is 1. The molecule has 4 rings (SSSR count). The number of nitrogens with zero attached hydrogens (tertiary/aromatic N) is 3. The lowest BCUT2D eigenvalue weighted by Gasteiger charge is -2.19. The Morgan fingerprint density at radius 1 is 1.27 bits per heavy atom. The molecule has 2 aromatic rings. The van der Waals surface area contributed by atoms with E-state index in [1.807, 2.05) is 36.1 Å². The lowest BCUT2D eigenvalue weighted by atomic mass is 9.97. The molecule has 1 saturated carbocycles. The van der Waals surface area contributed by atoms with E-state index in [1.165, 1.54) is 6.33 Å². The third-order valence-corrected chi connectivity index (χ3v) is 5.60. The molecule has 1 amide bonds. The summed E-state index contributed by atoms with van der Waals surface area (Å²) in [7, 11) is 0. The van der Waals surface area contributed by atoms with Gasteiger partial charge in [0.15, 0.2) is 5.82 Å². The van der Waals surface area contributed by atoms with Crippen molar-refractivity contribution in [3.8, 4) is 11.6 Å². The zero-order chi connectivity index (χ0) is 21.1. The maximum absolute atomic E-state index is 14.8. The van der Waals surface area contributed by atoms with E-state index in [2.05, 4.69) is 9.97 Å². The number of carbonyl (C=O) groups is 1. The third kappa shape index (κ3) is 4.98. The lowest BCUT2D eigenvalue weighted by molar-refractivity contribution is -0.118. The molecule has 30 heavy (non-hydrogen) atoms. The van der Waals surface area contributed by atoms with Crippen LogP contribution >= 0.6 is 0 Å². The van der Waals surface area contributed by atoms with Gasteiger partial charge >= 0.3 is 0 Å². The molecule has 2 atom stereocenters. The Labute approximate surface area is 175 Å². The van der Waals surface area contributed by atoms with E-state index in [-0.39, 0.29) is 29.6 Å². The highest BCUT2D eigenvalue weighted by atomic mass is 19.1. The number of anilines is 1. The van der Waals surface area contributed by atoms with E-state index < -0.39 is 5.82 Å². The number of halogens is 1. The van der Waals surface area contributed by atoms with Crippen LogP contribution in [0.1, 0.15) is 44.1 Å². The fourth-order valence-corrected chi connectivity index (χ4v) is 3.65. The molecular formula is C22H27FN4O3. The SMILES string of the molecule is C[C@@H](CC(N)=O)c1ccc(O[C@@H]2CCN(c3ncnc(OCC4CC4)c3F)C2)cc1. The minimum absolute atomic E-state index is 0.0249. The molecule has 2 heterocycles. The van der Waals surface area contributed by atoms with Gasteiger partial charge in [-0.25, -0.2) is 4.98 Å². The van der Waals surface area contributed by atoms with E-state index in [4.69, 9.17) is 15.2 Å². The summed E-state index contributed by atoms with van der Waals surface area (Å²) in [5.74, 6) is 0.801. The largest absolute Gasteiger partial charge is 0.489 e. The summed E-state index contributed by atoms with van der Waals surface area (Å²) in [5, 5.41) is 0. The zero-order valence-electron chi connectivity index (χ0n) is 17.1. The van der Waals surface area contributed by atoms with Crippen molar-refractivity contribution in [2.75, 3.05) is 24.6 Å². The fourth-order valence-electron chi connectivity index (χ4n) is 3.65. The Balaban J connectivity index is 1.34. The molecule has 0 radical (unpaired) electrons. The Kier molecular flexibility index (Phi) is 6.01. The van der Waals surface area contributed by atoms with E-state index >= 15 is 0 Å². The van der Waals surface area contributed by atoms with Gasteiger partial charge in [-0.05, 0) is 42.4 Å². The molecule has 1 aliphatic carbocycles. The quantitative estimate of drug-likeness (QED) is 0.678. The number of aromatic nitrogens is 2. The average Bonchev–Trinajstić information content (AvgIpc) is 3.44. The van der Waals surface area contributed by atoms with Crippen molar-refractivity contribution >= 4 is 11.7 Å². The first-order valence-electron chi connectivity index (χ1n) is 10.4. The van der Waals surface area contributed by atoms with Crippen molar-refractivity contribution in [1.29, 1.82) is 0 Å². The van der Waals surface area contributed by atoms with Gasteiger partial charge in [0.05, 0.1) is 13.2 Å². The van der Waals surface area contributed by atoms with Crippen LogP contribution in [0.15, 0.2) is 30.6 Å². The molecule has 2 N–H and O–H groups in total. The van der Waals surface area contributed by atoms with Crippen LogP contribution in [0.5, 0.6) is 11.6 Å². The predicted octanol–water partition coefficient (Wildman–Crippen LogP) is 3.04. The van der Waals surface area contributed by atoms with Crippen LogP contribution in [0.2, 0.25) is 0 Å². The number of amides is 1. The molecule has 7 nitrogen and oxygen atoms in total. The summed E-state index contributed by atoms with van der Waals surface area (Å²) in [5.41, 5.74) is 6.31. The predicted molar refractivity (Wildman–Crippen MR) is 110 cm³/mol. The number of benzene rings is 1. The highest BCUT2D eigenvalue weighted by molar-refractivity contribution is 5.74. The average molecular weight is 414 g/mol. The molecule has 160 valence electrons. The lowest BCUT2D eigenvalue weighted by Crippen LogP contribution is -2.26. The number of hydrogen-bond donors (Lipinski definition) is 1. The molecule has 1 saturated heterocycles. The number of nitrogens with two attached hydrogens (primary N) is 1. The number of hydrogen-bond acceptors (Lipinski definition) is 6. The van der Waals surface area contributed by atoms with E-state index in [1.54, 1.807) is 0 Å². The molecule has 2 aliphatic rings. The standard InChI is InChI=1S/C22H27FN4O3/c1-14(10-19(24)28)16-4-6-17(7-5-16)30-18-8-9-27(11-18)21-20(23)22(26-13-25-21)29-12-15-2-3-15/h4-7,13-15,18H,2-3,8-12H2,1H3,(H2,24,28)/t14-,18+/m0/s1. The van der Waals surface area contributed by atoms with Gasteiger partial charge in [0, 0.05) is 19.4 Å². The van der Waals surface area contributed by atoms with Crippen LogP contribution in [-0.4, -0.2) is 41.7 Å². The first-order chi connectivity index (χ1) is 14.5. The van der Waals surface area contributed by atoms with Crippen LogP contribution in [0.3, 0.4) is 0 Å². The van der Waals surface area contributed by atoms with Crippen molar-refractivity contribution in [2.45, 2.75) is 44.6 Å². The molecule has 1 aromatic heterocycles. The minimum Gasteiger partial charge on any atom is -0.489 e. The van der Waals surface area contributed by atoms with Gasteiger partial charge in [-0.3, -0.25) is 4.79 Å². The molecule has 8 heteroatoms. The number of carbonyl (C=O) groups excluding carboxylic acids is 1. The first-order valence-corrected chi connectivity index (χ1v) is 10.4. The monoisotopic (exact) mass is 414 g/mol. The van der Waals surface area contributed by atoms with Gasteiger partial charge in [0.1, 0.15) is 18.2 Å². The van der Waals surface area contributed by atoms with Gasteiger partial charge in [0.25, 0.3) is 5.88 Å². The van der Waals surface area contributed by atoms with Crippen molar-refractivity contribution in [2.24, 2.45) is 11.7 Å². The summed E-state index contributed by atoms with van der Waals surface area (Å²) < 4.78 is 26.4. The molecule has 0 spiro atoms. The second kappa shape index (κ2) is 8.85. The van der Waals surface area contributed by atoms with Gasteiger partial charge < -0.3 is 20.1 Å². The van der Waals surface area contributed by atoms with E-state index in [0.29, 0.717) is 32.0 Å². The Hall–Kier alpha value is -2.90. The summed E-state index contributed by atoms with van der Waals surface area (Å²) in [4.78, 5) is 21.0. The van der Waals surface area contributed by atoms with Crippen LogP contribution in [0.25, 0.3) is 0 Å². The van der Waals surface area contributed by atoms with Crippen molar-refractivity contribution < 1.29 is 18.7 Å². The number of rotatable bonds is 9. The van der Waals surface area contributed by atoms with Gasteiger partial charge in [-0.2, -0.15) is 9.37 Å². The normalized spacial score (nSPS) is 19.5. The maximum atomic E-state index is 14.8. The zero-order valence-corrected chi connectivity index (χ0v) is 17.1. The van der Waals surface area contributed by atoms with Crippen molar-refractivity contribution in [3.05, 3.63) is 42.0 Å². The van der Waals surface area contributed by atoms with Crippen molar-refractivity contribution in [3.63, 3.8) is 0 Å². The smallest absolute Gasteiger partial charge is 0.255 e. The van der Waals surface area contributed by atoms with Crippen LogP contribution in [-0.2, 0) is 4.79 Å². The second-order valence-electron chi connectivity index (χ2n) is 8.19. The highest BCUT2D eigenvalue weighted by Gasteiger charge is 2.29. The summed E-state index contributed by atoms with van der Waals surface area (Å²) in [6.45, 7) is 3.66. The topological polar surface area (TPSA) is 90.6 Å². The van der Waals surface area contributed by atoms with Gasteiger partial charge in [0.2, 0.25) is 11.7 Å². The summed E-state index contributed by atoms with van der Waals surface area (Å²) in [6, 6.07) is 7.68. The first kappa shape index (κ1) is 20.4. The third-order valence-electron chi connectivity index (χ3n) is 5.60. The molecule has 2 fully saturated rings. The minimum atomic E-state index is -0.508. The second-order valence-corrected chi connectivity index (χ2v) is 8.19. The Bertz CT molecular complexity index is 888. The molecular weight excluding hydrogens is 387 g/mol. The molecule has 1 aliphatic heterocycles. The maximum Gasteiger partial charge on any atom is 0.255 e. The van der Waals surface area contributed by atoms with Crippen LogP contribution in [0.4, 0.5) is 10.2 Å². The van der Waals surface area contributed by atoms with E-state index in [9.17, 15) is 9.18 Å². The molecule has 1 aromatic carbocycles. The summed E-state index contributed by atoms with van der Waals surface area (Å²) in [6.07, 6.45) is 4.63. The van der Waals surface area contributed by atoms with Crippen molar-refractivity contribution in [1.82, 2.24) is 9.97 Å². The van der Waals surface area contributed by atoms with Gasteiger partial charge in [-0.15, -0.1) is 0 Å². The number of ether oxygens (including phenoxy) is 2.